The van der Waals surface area contributed by atoms with Crippen molar-refractivity contribution in [1.82, 2.24) is 15.1 Å². The molecule has 7 heteroatoms. The Kier molecular flexibility index (Phi) is 7.89. The van der Waals surface area contributed by atoms with Crippen molar-refractivity contribution >= 4 is 23.6 Å². The number of likely N-dealkylation sites (N-methyl/N-ethyl adjacent to an activating group) is 1. The topological polar surface area (TPSA) is 76.4 Å². The molecule has 3 rings (SSSR count). The number of hydrogen-bond donors (Lipinski definition) is 1. The van der Waals surface area contributed by atoms with Gasteiger partial charge in [-0.1, -0.05) is 36.0 Å². The Morgan fingerprint density at radius 2 is 1.77 bits per heavy atom. The van der Waals surface area contributed by atoms with Gasteiger partial charge in [-0.05, 0) is 37.6 Å². The van der Waals surface area contributed by atoms with Gasteiger partial charge in [-0.2, -0.15) is 5.26 Å². The van der Waals surface area contributed by atoms with Crippen LogP contribution in [0.4, 0.5) is 0 Å². The fourth-order valence-electron chi connectivity index (χ4n) is 3.46. The molecule has 1 heterocycles. The second-order valence-corrected chi connectivity index (χ2v) is 8.17. The summed E-state index contributed by atoms with van der Waals surface area (Å²) in [7, 11) is 0. The van der Waals surface area contributed by atoms with Gasteiger partial charge in [-0.3, -0.25) is 14.5 Å². The maximum Gasteiger partial charge on any atom is 0.255 e. The molecule has 2 amide bonds. The van der Waals surface area contributed by atoms with E-state index >= 15 is 0 Å². The van der Waals surface area contributed by atoms with Crippen molar-refractivity contribution in [1.29, 1.82) is 5.26 Å². The Labute approximate surface area is 181 Å². The SMILES string of the molecule is CCNC(=O)CN1CCCN(C(=O)c2ccccc2Sc2ccccc2C#N)CC1. The molecule has 0 bridgehead atoms. The molecular weight excluding hydrogens is 396 g/mol. The molecule has 0 spiro atoms. The molecule has 0 aliphatic carbocycles. The first-order chi connectivity index (χ1) is 14.6. The van der Waals surface area contributed by atoms with Crippen LogP contribution in [0.5, 0.6) is 0 Å². The lowest BCUT2D eigenvalue weighted by Gasteiger charge is -2.22. The summed E-state index contributed by atoms with van der Waals surface area (Å²) in [5.74, 6) is 0.0163. The minimum Gasteiger partial charge on any atom is -0.355 e. The van der Waals surface area contributed by atoms with E-state index in [1.807, 2.05) is 54.3 Å². The van der Waals surface area contributed by atoms with Crippen LogP contribution in [0.2, 0.25) is 0 Å². The number of carbonyl (C=O) groups excluding carboxylic acids is 2. The lowest BCUT2D eigenvalue weighted by atomic mass is 10.2. The van der Waals surface area contributed by atoms with Crippen LogP contribution in [-0.4, -0.2) is 60.9 Å². The molecule has 0 radical (unpaired) electrons. The third kappa shape index (κ3) is 5.62. The van der Waals surface area contributed by atoms with Crippen LogP contribution >= 0.6 is 11.8 Å². The highest BCUT2D eigenvalue weighted by atomic mass is 32.2. The molecule has 1 saturated heterocycles. The summed E-state index contributed by atoms with van der Waals surface area (Å²) < 4.78 is 0. The summed E-state index contributed by atoms with van der Waals surface area (Å²) in [4.78, 5) is 30.8. The van der Waals surface area contributed by atoms with E-state index in [4.69, 9.17) is 0 Å². The third-order valence-electron chi connectivity index (χ3n) is 4.96. The van der Waals surface area contributed by atoms with E-state index in [2.05, 4.69) is 16.3 Å². The minimum atomic E-state index is -0.00704. The van der Waals surface area contributed by atoms with Crippen LogP contribution in [0.1, 0.15) is 29.3 Å². The van der Waals surface area contributed by atoms with Gasteiger partial charge in [0, 0.05) is 42.5 Å². The van der Waals surface area contributed by atoms with Crippen molar-refractivity contribution in [3.63, 3.8) is 0 Å². The van der Waals surface area contributed by atoms with Crippen molar-refractivity contribution in [3.8, 4) is 6.07 Å². The lowest BCUT2D eigenvalue weighted by Crippen LogP contribution is -2.40. The van der Waals surface area contributed by atoms with E-state index in [1.54, 1.807) is 6.07 Å². The van der Waals surface area contributed by atoms with E-state index in [9.17, 15) is 14.9 Å². The van der Waals surface area contributed by atoms with Crippen molar-refractivity contribution in [3.05, 3.63) is 59.7 Å². The Balaban J connectivity index is 1.71. The zero-order valence-electron chi connectivity index (χ0n) is 17.1. The van der Waals surface area contributed by atoms with Gasteiger partial charge in [0.15, 0.2) is 0 Å². The first-order valence-electron chi connectivity index (χ1n) is 10.2. The number of benzene rings is 2. The second-order valence-electron chi connectivity index (χ2n) is 7.08. The van der Waals surface area contributed by atoms with E-state index < -0.39 is 0 Å². The monoisotopic (exact) mass is 422 g/mol. The molecule has 0 unspecified atom stereocenters. The first kappa shape index (κ1) is 21.9. The van der Waals surface area contributed by atoms with Crippen LogP contribution in [0.15, 0.2) is 58.3 Å². The maximum atomic E-state index is 13.3. The van der Waals surface area contributed by atoms with Gasteiger partial charge in [0.25, 0.3) is 5.91 Å². The molecule has 6 nitrogen and oxygen atoms in total. The quantitative estimate of drug-likeness (QED) is 0.775. The molecule has 1 fully saturated rings. The van der Waals surface area contributed by atoms with Crippen molar-refractivity contribution in [2.45, 2.75) is 23.1 Å². The zero-order valence-corrected chi connectivity index (χ0v) is 18.0. The average Bonchev–Trinajstić information content (AvgIpc) is 3.00. The van der Waals surface area contributed by atoms with Crippen LogP contribution in [-0.2, 0) is 4.79 Å². The number of hydrogen-bond acceptors (Lipinski definition) is 5. The van der Waals surface area contributed by atoms with Crippen molar-refractivity contribution < 1.29 is 9.59 Å². The summed E-state index contributed by atoms with van der Waals surface area (Å²) >= 11 is 1.44. The standard InChI is InChI=1S/C23H26N4O2S/c1-2-25-22(28)17-26-12-7-13-27(15-14-26)23(29)19-9-4-6-11-21(19)30-20-10-5-3-8-18(20)16-24/h3-6,8-11H,2,7,12-15,17H2,1H3,(H,25,28). The number of amides is 2. The molecule has 0 aromatic heterocycles. The fraction of sp³-hybridized carbons (Fsp3) is 0.348. The largest absolute Gasteiger partial charge is 0.355 e. The normalized spacial score (nSPS) is 14.6. The highest BCUT2D eigenvalue weighted by Gasteiger charge is 2.23. The molecule has 0 atom stereocenters. The predicted molar refractivity (Wildman–Crippen MR) is 117 cm³/mol. The molecule has 30 heavy (non-hydrogen) atoms. The fourth-order valence-corrected chi connectivity index (χ4v) is 4.48. The lowest BCUT2D eigenvalue weighted by molar-refractivity contribution is -0.122. The second kappa shape index (κ2) is 10.8. The Morgan fingerprint density at radius 3 is 2.53 bits per heavy atom. The molecule has 2 aromatic carbocycles. The van der Waals surface area contributed by atoms with E-state index in [1.165, 1.54) is 11.8 Å². The van der Waals surface area contributed by atoms with Crippen LogP contribution in [0.25, 0.3) is 0 Å². The molecule has 156 valence electrons. The smallest absolute Gasteiger partial charge is 0.255 e. The van der Waals surface area contributed by atoms with Gasteiger partial charge >= 0.3 is 0 Å². The van der Waals surface area contributed by atoms with Gasteiger partial charge < -0.3 is 10.2 Å². The zero-order chi connectivity index (χ0) is 21.3. The van der Waals surface area contributed by atoms with Gasteiger partial charge in [0.2, 0.25) is 5.91 Å². The maximum absolute atomic E-state index is 13.3. The minimum absolute atomic E-state index is 0.00704. The highest BCUT2D eigenvalue weighted by Crippen LogP contribution is 2.33. The van der Waals surface area contributed by atoms with E-state index in [-0.39, 0.29) is 11.8 Å². The summed E-state index contributed by atoms with van der Waals surface area (Å²) in [5, 5.41) is 12.2. The highest BCUT2D eigenvalue weighted by molar-refractivity contribution is 7.99. The number of nitrogens with zero attached hydrogens (tertiary/aromatic N) is 3. The van der Waals surface area contributed by atoms with Gasteiger partial charge in [-0.25, -0.2) is 0 Å². The van der Waals surface area contributed by atoms with Gasteiger partial charge in [0.05, 0.1) is 17.7 Å². The van der Waals surface area contributed by atoms with E-state index in [0.717, 1.165) is 22.8 Å². The number of nitriles is 1. The molecule has 1 N–H and O–H groups in total. The number of carbonyl (C=O) groups is 2. The van der Waals surface area contributed by atoms with Crippen molar-refractivity contribution in [2.75, 3.05) is 39.3 Å². The van der Waals surface area contributed by atoms with Crippen LogP contribution in [0, 0.1) is 11.3 Å². The van der Waals surface area contributed by atoms with Crippen molar-refractivity contribution in [2.24, 2.45) is 0 Å². The Bertz CT molecular complexity index is 941. The molecule has 0 saturated carbocycles. The van der Waals surface area contributed by atoms with Crippen LogP contribution < -0.4 is 5.32 Å². The molecule has 1 aliphatic rings. The summed E-state index contributed by atoms with van der Waals surface area (Å²) in [5.41, 5.74) is 1.24. The Morgan fingerprint density at radius 1 is 1.03 bits per heavy atom. The molecular formula is C23H26N4O2S. The first-order valence-corrected chi connectivity index (χ1v) is 11.0. The number of rotatable bonds is 6. The number of nitrogens with one attached hydrogen (secondary N) is 1. The van der Waals surface area contributed by atoms with Crippen LogP contribution in [0.3, 0.4) is 0 Å². The molecule has 1 aliphatic heterocycles. The summed E-state index contributed by atoms with van der Waals surface area (Å²) in [6.07, 6.45) is 0.831. The van der Waals surface area contributed by atoms with E-state index in [0.29, 0.717) is 43.9 Å². The summed E-state index contributed by atoms with van der Waals surface area (Å²) in [6.45, 7) is 5.63. The third-order valence-corrected chi connectivity index (χ3v) is 6.11. The summed E-state index contributed by atoms with van der Waals surface area (Å²) in [6, 6.07) is 17.2. The predicted octanol–water partition coefficient (Wildman–Crippen LogP) is 2.99. The molecule has 2 aromatic rings. The van der Waals surface area contributed by atoms with Gasteiger partial charge in [-0.15, -0.1) is 0 Å². The Hall–Kier alpha value is -2.82. The average molecular weight is 423 g/mol. The van der Waals surface area contributed by atoms with Gasteiger partial charge in [0.1, 0.15) is 6.07 Å².